The summed E-state index contributed by atoms with van der Waals surface area (Å²) in [5.41, 5.74) is 5.86. The Morgan fingerprint density at radius 3 is 1.16 bits per heavy atom. The van der Waals surface area contributed by atoms with Crippen LogP contribution in [-0.4, -0.2) is 68.4 Å². The van der Waals surface area contributed by atoms with Crippen LogP contribution in [-0.2, 0) is 48.7 Å². The van der Waals surface area contributed by atoms with Gasteiger partial charge in [0.05, 0.1) is 5.60 Å². The van der Waals surface area contributed by atoms with Crippen molar-refractivity contribution < 1.29 is 74.9 Å². The number of Topliss-reactive ketones (excluding diaryl/α,β-unsaturated/α-hetero) is 1. The number of epoxide rings is 1. The Balaban J connectivity index is 0. The fourth-order valence-electron chi connectivity index (χ4n) is 8.60. The van der Waals surface area contributed by atoms with Gasteiger partial charge in [-0.2, -0.15) is 23.5 Å². The summed E-state index contributed by atoms with van der Waals surface area (Å²) in [7, 11) is 1.44. The van der Waals surface area contributed by atoms with E-state index in [4.69, 9.17) is 16.3 Å². The molecule has 3 N–H and O–H groups in total. The van der Waals surface area contributed by atoms with E-state index >= 15 is 0 Å². The van der Waals surface area contributed by atoms with Gasteiger partial charge in [-0.15, -0.1) is 11.6 Å². The van der Waals surface area contributed by atoms with Gasteiger partial charge < -0.3 is 40.5 Å². The van der Waals surface area contributed by atoms with Crippen molar-refractivity contribution in [3.8, 4) is 0 Å². The number of halogens is 3. The zero-order chi connectivity index (χ0) is 43.9. The average Bonchev–Trinajstić information content (AvgIpc) is 4.13. The second kappa shape index (κ2) is 45.1. The Hall–Kier alpha value is -0.300. The molecule has 5 aliphatic heterocycles. The van der Waals surface area contributed by atoms with Crippen LogP contribution in [0.25, 0.3) is 0 Å². The number of rotatable bonds is 6. The molecule has 7 aliphatic rings. The maximum absolute atomic E-state index is 10.5. The Morgan fingerprint density at radius 1 is 0.507 bits per heavy atom. The summed E-state index contributed by atoms with van der Waals surface area (Å²) in [4.78, 5) is 10.5. The van der Waals surface area contributed by atoms with Crippen molar-refractivity contribution in [3.05, 3.63) is 144 Å². The Morgan fingerprint density at radius 2 is 0.855 bits per heavy atom. The number of ether oxygens (including phenoxy) is 1. The second-order valence-electron chi connectivity index (χ2n) is 17.6. The number of thioether (sulfide) groups is 2. The van der Waals surface area contributed by atoms with Gasteiger partial charge in [0.1, 0.15) is 46.4 Å². The van der Waals surface area contributed by atoms with Crippen LogP contribution in [0.4, 0.5) is 0 Å². The molecule has 11 rings (SSSR count). The molecule has 4 aromatic rings. The molecule has 7 fully saturated rings. The molecule has 1 unspecified atom stereocenters. The van der Waals surface area contributed by atoms with E-state index in [9.17, 15) is 4.79 Å². The summed E-state index contributed by atoms with van der Waals surface area (Å²) in [5.74, 6) is 15.3. The molecule has 1 atom stereocenters. The summed E-state index contributed by atoms with van der Waals surface area (Å²) in [6.07, 6.45) is 24.0. The van der Waals surface area contributed by atoms with E-state index in [0.717, 1.165) is 47.5 Å². The Kier molecular flexibility index (Phi) is 46.3. The first-order valence-corrected chi connectivity index (χ1v) is 30.8. The van der Waals surface area contributed by atoms with Crippen LogP contribution < -0.4 is 54.4 Å². The summed E-state index contributed by atoms with van der Waals surface area (Å²) in [6.45, 7) is 0. The minimum absolute atomic E-state index is 0. The van der Waals surface area contributed by atoms with Crippen LogP contribution in [0.15, 0.2) is 121 Å². The number of hydrogen-bond acceptors (Lipinski definition) is 5. The quantitative estimate of drug-likeness (QED) is 0.0984. The number of benzene rings is 4. The van der Waals surface area contributed by atoms with Crippen molar-refractivity contribution in [1.29, 1.82) is 0 Å². The van der Waals surface area contributed by atoms with Gasteiger partial charge >= 0.3 is 29.6 Å². The number of carbonyl (C=O) groups excluding carboxylic acids is 1. The standard InChI is InChI=1S/C13H16O.2C11H15S.C7H7Cl.C6H10O.2C4H8S.CH4.2ClH.Na.2H2O/c1-3-7-11(8-4-1)12-13(14-12)9-5-2-6-10-13;2*1-2-6-11(7-3-1)10-12-8-4-5-9-12;8-6-7-4-2-1-3-5-7;7-6-4-2-1-3-5-6;2*1-2-4-5-3-1;;;;;;/h1,3-4,7-8,12H,2,5-6,9-10H2;2*1-3,6-7H,4-5,8-10H2;1-5H,6H2;1-5H2;2*1-4H2;1H4;2*1H;;2*1H2/q;2*+1;;;;;;;;+1;;/p-3. The van der Waals surface area contributed by atoms with Crippen molar-refractivity contribution in [2.75, 3.05) is 46.0 Å². The van der Waals surface area contributed by atoms with E-state index in [1.54, 1.807) is 0 Å². The van der Waals surface area contributed by atoms with Crippen LogP contribution in [0.3, 0.4) is 0 Å². The molecule has 2 saturated carbocycles. The smallest absolute Gasteiger partial charge is 1.00 e. The molecule has 0 radical (unpaired) electrons. The van der Waals surface area contributed by atoms with Crippen LogP contribution in [0.1, 0.15) is 151 Å². The SMILES string of the molecule is C.C1CCSC1.C1CCSC1.ClCc1ccccc1.O.O=C1CCCCC1.[Cl-].[Cl-].[Na+].[OH-].c1ccc(C2OC23CCCCC3)cc1.c1ccc(C[S+]2CCCC2)cc1.c1ccc(C[S+]2CCCC2)cc1. The molecular formula is C57H86Cl3NaO4S4. The molecule has 4 aromatic carbocycles. The van der Waals surface area contributed by atoms with Crippen molar-refractivity contribution in [3.63, 3.8) is 0 Å². The Bertz CT molecular complexity index is 1630. The molecule has 0 bridgehead atoms. The molecule has 12 heteroatoms. The molecule has 0 aromatic heterocycles. The maximum atomic E-state index is 10.5. The normalized spacial score (nSPS) is 19.1. The number of ketones is 1. The second-order valence-corrected chi connectivity index (χ2v) is 25.0. The summed E-state index contributed by atoms with van der Waals surface area (Å²) >= 11 is 9.68. The van der Waals surface area contributed by atoms with Crippen LogP contribution in [0, 0.1) is 0 Å². The molecule has 1 spiro atoms. The fourth-order valence-corrected chi connectivity index (χ4v) is 15.6. The van der Waals surface area contributed by atoms with Crippen molar-refractivity contribution >= 4 is 62.7 Å². The zero-order valence-corrected chi connectivity index (χ0v) is 48.7. The topological polar surface area (TPSA) is 91.1 Å². The molecule has 384 valence electrons. The zero-order valence-electron chi connectivity index (χ0n) is 41.2. The van der Waals surface area contributed by atoms with Crippen LogP contribution in [0.2, 0.25) is 0 Å². The van der Waals surface area contributed by atoms with E-state index in [2.05, 4.69) is 115 Å². The minimum Gasteiger partial charge on any atom is -1.00 e. The van der Waals surface area contributed by atoms with Gasteiger partial charge in [-0.25, -0.2) is 0 Å². The van der Waals surface area contributed by atoms with E-state index < -0.39 is 0 Å². The first-order chi connectivity index (χ1) is 31.1. The van der Waals surface area contributed by atoms with Crippen molar-refractivity contribution in [2.24, 2.45) is 0 Å². The maximum Gasteiger partial charge on any atom is 1.00 e. The predicted molar refractivity (Wildman–Crippen MR) is 299 cm³/mol. The molecule has 0 amide bonds. The minimum atomic E-state index is 0. The van der Waals surface area contributed by atoms with Gasteiger partial charge in [-0.3, -0.25) is 4.79 Å². The van der Waals surface area contributed by atoms with Gasteiger partial charge in [-0.1, -0.05) is 154 Å². The van der Waals surface area contributed by atoms with Gasteiger partial charge in [0.15, 0.2) is 0 Å². The number of alkyl halides is 1. The summed E-state index contributed by atoms with van der Waals surface area (Å²) in [5, 5.41) is 0. The third kappa shape index (κ3) is 31.3. The third-order valence-electron chi connectivity index (χ3n) is 12.3. The van der Waals surface area contributed by atoms with Crippen molar-refractivity contribution in [1.82, 2.24) is 0 Å². The molecule has 69 heavy (non-hydrogen) atoms. The molecular weight excluding hydrogens is 1010 g/mol. The average molecular weight is 1090 g/mol. The van der Waals surface area contributed by atoms with Crippen LogP contribution >= 0.6 is 35.1 Å². The number of hydrogen-bond donors (Lipinski definition) is 0. The largest absolute Gasteiger partial charge is 1.00 e. The van der Waals surface area contributed by atoms with Crippen LogP contribution in [0.5, 0.6) is 0 Å². The third-order valence-corrected chi connectivity index (χ3v) is 19.9. The first-order valence-electron chi connectivity index (χ1n) is 24.5. The molecule has 2 aliphatic carbocycles. The van der Waals surface area contributed by atoms with Gasteiger partial charge in [0.25, 0.3) is 0 Å². The summed E-state index contributed by atoms with van der Waals surface area (Å²) in [6, 6.07) is 42.4. The molecule has 4 nitrogen and oxygen atoms in total. The Labute approximate surface area is 474 Å². The predicted octanol–water partition coefficient (Wildman–Crippen LogP) is 6.28. The van der Waals surface area contributed by atoms with E-state index in [1.165, 1.54) is 170 Å². The molecule has 5 heterocycles. The van der Waals surface area contributed by atoms with Crippen molar-refractivity contribution in [2.45, 2.75) is 152 Å². The van der Waals surface area contributed by atoms with E-state index in [0.29, 0.717) is 17.8 Å². The summed E-state index contributed by atoms with van der Waals surface area (Å²) < 4.78 is 5.93. The van der Waals surface area contributed by atoms with Gasteiger partial charge in [0, 0.05) is 29.8 Å². The van der Waals surface area contributed by atoms with Gasteiger partial charge in [0.2, 0.25) is 0 Å². The molecule has 5 saturated heterocycles. The number of carbonyl (C=O) groups is 1. The fraction of sp³-hybridized carbons (Fsp3) is 0.561. The first kappa shape index (κ1) is 70.8. The monoisotopic (exact) mass is 1090 g/mol. The van der Waals surface area contributed by atoms with E-state index in [-0.39, 0.29) is 78.4 Å². The van der Waals surface area contributed by atoms with Gasteiger partial charge in [-0.05, 0) is 133 Å². The van der Waals surface area contributed by atoms with E-state index in [1.807, 2.05) is 30.3 Å².